The van der Waals surface area contributed by atoms with E-state index >= 15 is 0 Å². The van der Waals surface area contributed by atoms with Crippen LogP contribution in [-0.4, -0.2) is 11.8 Å². The third kappa shape index (κ3) is 4.84. The van der Waals surface area contributed by atoms with E-state index in [0.717, 1.165) is 0 Å². The summed E-state index contributed by atoms with van der Waals surface area (Å²) in [6.45, 7) is 0. The Morgan fingerprint density at radius 2 is 1.69 bits per heavy atom. The summed E-state index contributed by atoms with van der Waals surface area (Å²) < 4.78 is 5.12. The Balaban J connectivity index is 1.64. The van der Waals surface area contributed by atoms with Crippen LogP contribution in [-0.2, 0) is 4.79 Å². The van der Waals surface area contributed by atoms with E-state index in [4.69, 9.17) is 16.0 Å². The van der Waals surface area contributed by atoms with Crippen molar-refractivity contribution in [3.05, 3.63) is 89.3 Å². The van der Waals surface area contributed by atoms with Gasteiger partial charge >= 0.3 is 0 Å². The third-order valence-electron chi connectivity index (χ3n) is 3.42. The fourth-order valence-corrected chi connectivity index (χ4v) is 2.43. The van der Waals surface area contributed by atoms with Gasteiger partial charge < -0.3 is 15.1 Å². The average Bonchev–Trinajstić information content (AvgIpc) is 3.14. The van der Waals surface area contributed by atoms with E-state index in [1.165, 1.54) is 12.3 Å². The Bertz CT molecular complexity index is 949. The van der Waals surface area contributed by atoms with Gasteiger partial charge in [-0.05, 0) is 54.6 Å². The number of nitrogens with one attached hydrogen (secondary N) is 2. The first-order valence-electron chi connectivity index (χ1n) is 7.80. The van der Waals surface area contributed by atoms with Crippen molar-refractivity contribution in [2.75, 3.05) is 10.6 Å². The number of furan rings is 1. The molecule has 5 nitrogen and oxygen atoms in total. The van der Waals surface area contributed by atoms with Gasteiger partial charge in [-0.25, -0.2) is 0 Å². The third-order valence-corrected chi connectivity index (χ3v) is 3.65. The maximum absolute atomic E-state index is 12.3. The van der Waals surface area contributed by atoms with Crippen LogP contribution in [0, 0.1) is 0 Å². The zero-order chi connectivity index (χ0) is 18.4. The quantitative estimate of drug-likeness (QED) is 0.635. The minimum absolute atomic E-state index is 0.284. The standard InChI is InChI=1S/C20H15ClN2O3/c21-15-5-1-4-14(12-15)20(25)23-17-7-2-6-16(13-17)22-19(24)10-9-18-8-3-11-26-18/h1-13H,(H,22,24)(H,23,25)/b10-9+. The largest absolute Gasteiger partial charge is 0.465 e. The van der Waals surface area contributed by atoms with Crippen molar-refractivity contribution in [3.8, 4) is 0 Å². The molecule has 0 atom stereocenters. The highest BCUT2D eigenvalue weighted by Gasteiger charge is 2.07. The zero-order valence-corrected chi connectivity index (χ0v) is 14.4. The molecular formula is C20H15ClN2O3. The first-order valence-corrected chi connectivity index (χ1v) is 8.17. The highest BCUT2D eigenvalue weighted by molar-refractivity contribution is 6.31. The van der Waals surface area contributed by atoms with Gasteiger partial charge in [-0.15, -0.1) is 0 Å². The van der Waals surface area contributed by atoms with E-state index in [9.17, 15) is 9.59 Å². The van der Waals surface area contributed by atoms with Crippen molar-refractivity contribution in [3.63, 3.8) is 0 Å². The van der Waals surface area contributed by atoms with Gasteiger partial charge in [0.15, 0.2) is 0 Å². The topological polar surface area (TPSA) is 71.3 Å². The number of halogens is 1. The molecule has 0 saturated heterocycles. The highest BCUT2D eigenvalue weighted by atomic mass is 35.5. The van der Waals surface area contributed by atoms with Gasteiger partial charge in [-0.3, -0.25) is 9.59 Å². The predicted octanol–water partition coefficient (Wildman–Crippen LogP) is 4.84. The first kappa shape index (κ1) is 17.5. The predicted molar refractivity (Wildman–Crippen MR) is 102 cm³/mol. The monoisotopic (exact) mass is 366 g/mol. The van der Waals surface area contributed by atoms with Crippen molar-refractivity contribution < 1.29 is 14.0 Å². The molecule has 6 heteroatoms. The Kier molecular flexibility index (Phi) is 5.51. The summed E-state index contributed by atoms with van der Waals surface area (Å²) in [5.74, 6) is -0.00362. The van der Waals surface area contributed by atoms with Gasteiger partial charge in [0.25, 0.3) is 5.91 Å². The Morgan fingerprint density at radius 1 is 0.923 bits per heavy atom. The van der Waals surface area contributed by atoms with Gasteiger partial charge in [0, 0.05) is 28.0 Å². The molecule has 2 amide bonds. The van der Waals surface area contributed by atoms with Gasteiger partial charge in [-0.2, -0.15) is 0 Å². The van der Waals surface area contributed by atoms with E-state index < -0.39 is 0 Å². The van der Waals surface area contributed by atoms with Crippen molar-refractivity contribution in [1.82, 2.24) is 0 Å². The van der Waals surface area contributed by atoms with Crippen LogP contribution in [0.25, 0.3) is 6.08 Å². The van der Waals surface area contributed by atoms with Crippen molar-refractivity contribution in [2.24, 2.45) is 0 Å². The first-order chi connectivity index (χ1) is 12.6. The second-order valence-electron chi connectivity index (χ2n) is 5.38. The summed E-state index contributed by atoms with van der Waals surface area (Å²) in [5.41, 5.74) is 1.57. The zero-order valence-electron chi connectivity index (χ0n) is 13.6. The lowest BCUT2D eigenvalue weighted by Crippen LogP contribution is -2.12. The molecule has 0 saturated carbocycles. The summed E-state index contributed by atoms with van der Waals surface area (Å²) in [5, 5.41) is 5.99. The van der Waals surface area contributed by atoms with E-state index in [2.05, 4.69) is 10.6 Å². The molecule has 0 unspecified atom stereocenters. The highest BCUT2D eigenvalue weighted by Crippen LogP contribution is 2.17. The summed E-state index contributed by atoms with van der Waals surface area (Å²) in [4.78, 5) is 24.2. The van der Waals surface area contributed by atoms with Gasteiger partial charge in [-0.1, -0.05) is 23.7 Å². The number of hydrogen-bond acceptors (Lipinski definition) is 3. The van der Waals surface area contributed by atoms with E-state index in [-0.39, 0.29) is 11.8 Å². The number of carbonyl (C=O) groups is 2. The molecule has 2 aromatic carbocycles. The molecular weight excluding hydrogens is 352 g/mol. The minimum Gasteiger partial charge on any atom is -0.465 e. The molecule has 0 aliphatic heterocycles. The Hall–Kier alpha value is -3.31. The van der Waals surface area contributed by atoms with Crippen LogP contribution >= 0.6 is 11.6 Å². The number of hydrogen-bond donors (Lipinski definition) is 2. The number of carbonyl (C=O) groups excluding carboxylic acids is 2. The fourth-order valence-electron chi connectivity index (χ4n) is 2.24. The molecule has 0 bridgehead atoms. The van der Waals surface area contributed by atoms with Crippen LogP contribution in [0.5, 0.6) is 0 Å². The van der Waals surface area contributed by atoms with Crippen molar-refractivity contribution in [2.45, 2.75) is 0 Å². The molecule has 130 valence electrons. The summed E-state index contributed by atoms with van der Waals surface area (Å²) in [6, 6.07) is 17.0. The molecule has 3 rings (SSSR count). The van der Waals surface area contributed by atoms with Gasteiger partial charge in [0.05, 0.1) is 6.26 Å². The number of anilines is 2. The molecule has 26 heavy (non-hydrogen) atoms. The van der Waals surface area contributed by atoms with Crippen LogP contribution in [0.3, 0.4) is 0 Å². The minimum atomic E-state index is -0.306. The van der Waals surface area contributed by atoms with Crippen LogP contribution in [0.1, 0.15) is 16.1 Å². The average molecular weight is 367 g/mol. The van der Waals surface area contributed by atoms with E-state index in [1.807, 2.05) is 0 Å². The maximum atomic E-state index is 12.3. The second kappa shape index (κ2) is 8.18. The second-order valence-corrected chi connectivity index (χ2v) is 5.82. The molecule has 0 aliphatic carbocycles. The van der Waals surface area contributed by atoms with E-state index in [0.29, 0.717) is 27.7 Å². The van der Waals surface area contributed by atoms with Gasteiger partial charge in [0.2, 0.25) is 5.91 Å². The number of amides is 2. The normalized spacial score (nSPS) is 10.7. The van der Waals surface area contributed by atoms with Crippen molar-refractivity contribution in [1.29, 1.82) is 0 Å². The lowest BCUT2D eigenvalue weighted by atomic mass is 10.2. The van der Waals surface area contributed by atoms with Crippen molar-refractivity contribution >= 4 is 40.9 Å². The van der Waals surface area contributed by atoms with Gasteiger partial charge in [0.1, 0.15) is 5.76 Å². The van der Waals surface area contributed by atoms with Crippen LogP contribution in [0.2, 0.25) is 5.02 Å². The summed E-state index contributed by atoms with van der Waals surface area (Å²) >= 11 is 5.90. The number of rotatable bonds is 5. The smallest absolute Gasteiger partial charge is 0.255 e. The molecule has 0 radical (unpaired) electrons. The summed E-state index contributed by atoms with van der Waals surface area (Å²) in [6.07, 6.45) is 4.47. The van der Waals surface area contributed by atoms with Crippen LogP contribution in [0.15, 0.2) is 77.4 Å². The molecule has 3 aromatic rings. The molecule has 1 aromatic heterocycles. The maximum Gasteiger partial charge on any atom is 0.255 e. The molecule has 0 spiro atoms. The Morgan fingerprint density at radius 3 is 2.42 bits per heavy atom. The van der Waals surface area contributed by atoms with Crippen LogP contribution in [0.4, 0.5) is 11.4 Å². The molecule has 2 N–H and O–H groups in total. The molecule has 0 aliphatic rings. The lowest BCUT2D eigenvalue weighted by molar-refractivity contribution is -0.111. The SMILES string of the molecule is O=C(/C=C/c1ccco1)Nc1cccc(NC(=O)c2cccc(Cl)c2)c1. The molecule has 1 heterocycles. The lowest BCUT2D eigenvalue weighted by Gasteiger charge is -2.08. The summed E-state index contributed by atoms with van der Waals surface area (Å²) in [7, 11) is 0. The van der Waals surface area contributed by atoms with Crippen LogP contribution < -0.4 is 10.6 Å². The number of benzene rings is 2. The fraction of sp³-hybridized carbons (Fsp3) is 0. The molecule has 0 fully saturated rings. The van der Waals surface area contributed by atoms with E-state index in [1.54, 1.807) is 66.7 Å². The Labute approximate surface area is 155 Å².